The molecule has 0 nitrogen and oxygen atoms in total. The van der Waals surface area contributed by atoms with Crippen LogP contribution in [-0.2, 0) is 42.1 Å². The molecule has 4 unspecified atom stereocenters. The molecule has 2 aliphatic carbocycles. The Morgan fingerprint density at radius 3 is 0.815 bits per heavy atom. The number of unbranched alkanes of at least 4 members (excludes halogenated alkanes) is 4. The predicted octanol–water partition coefficient (Wildman–Crippen LogP) is 8.79. The van der Waals surface area contributed by atoms with Crippen molar-refractivity contribution < 1.29 is 42.1 Å². The molecule has 0 N–H and O–H groups in total. The minimum absolute atomic E-state index is 0. The normalized spacial score (nSPS) is 23.3. The van der Waals surface area contributed by atoms with E-state index in [-0.39, 0.29) is 42.1 Å². The van der Waals surface area contributed by atoms with Crippen LogP contribution in [0.2, 0.25) is 0 Å². The van der Waals surface area contributed by atoms with Crippen molar-refractivity contribution in [2.24, 2.45) is 23.7 Å². The summed E-state index contributed by atoms with van der Waals surface area (Å²) >= 11 is 0. The van der Waals surface area contributed by atoms with Gasteiger partial charge in [-0.2, -0.15) is 37.5 Å². The van der Waals surface area contributed by atoms with Crippen molar-refractivity contribution in [1.29, 1.82) is 0 Å². The molecule has 0 aromatic carbocycles. The Kier molecular flexibility index (Phi) is 46.2. The van der Waals surface area contributed by atoms with E-state index in [2.05, 4.69) is 69.2 Å². The van der Waals surface area contributed by atoms with Crippen molar-refractivity contribution in [3.05, 3.63) is 41.5 Å². The molecule has 0 saturated heterocycles. The van der Waals surface area contributed by atoms with Crippen molar-refractivity contribution >= 4 is 0 Å². The van der Waals surface area contributed by atoms with Gasteiger partial charge in [0.25, 0.3) is 0 Å². The van der Waals surface area contributed by atoms with E-state index in [9.17, 15) is 0 Å². The van der Waals surface area contributed by atoms with Crippen LogP contribution in [0.1, 0.15) is 98.3 Å². The molecule has 176 valence electrons. The van der Waals surface area contributed by atoms with Crippen LogP contribution < -0.4 is 0 Å². The summed E-state index contributed by atoms with van der Waals surface area (Å²) in [5.74, 6) is 3.25. The third-order valence-electron chi connectivity index (χ3n) is 4.69. The monoisotopic (exact) mass is 740 g/mol. The zero-order valence-corrected chi connectivity index (χ0v) is 23.5. The Bertz CT molecular complexity index is 176. The molecular formula is C25H50Pt2-6. The van der Waals surface area contributed by atoms with E-state index in [0.717, 1.165) is 37.5 Å². The third-order valence-corrected chi connectivity index (χ3v) is 4.69. The topological polar surface area (TPSA) is 0 Å². The van der Waals surface area contributed by atoms with Crippen molar-refractivity contribution in [2.45, 2.75) is 98.3 Å². The fourth-order valence-corrected chi connectivity index (χ4v) is 2.53. The summed E-state index contributed by atoms with van der Waals surface area (Å²) < 4.78 is 0. The van der Waals surface area contributed by atoms with E-state index >= 15 is 0 Å². The molecule has 0 heterocycles. The largest absolute Gasteiger partial charge is 0.343 e. The molecule has 27 heavy (non-hydrogen) atoms. The fourth-order valence-electron chi connectivity index (χ4n) is 2.53. The minimum atomic E-state index is 0. The maximum absolute atomic E-state index is 4.14. The number of hydrogen-bond donors (Lipinski definition) is 0. The summed E-state index contributed by atoms with van der Waals surface area (Å²) in [5, 5.41) is 0. The molecule has 0 spiro atoms. The van der Waals surface area contributed by atoms with Crippen molar-refractivity contribution in [3.63, 3.8) is 0 Å². The van der Waals surface area contributed by atoms with Crippen molar-refractivity contribution in [1.82, 2.24) is 0 Å². The van der Waals surface area contributed by atoms with Gasteiger partial charge in [-0.15, -0.1) is 0 Å². The van der Waals surface area contributed by atoms with Crippen LogP contribution in [0.5, 0.6) is 0 Å². The predicted molar refractivity (Wildman–Crippen MR) is 120 cm³/mol. The molecule has 0 amide bonds. The summed E-state index contributed by atoms with van der Waals surface area (Å²) in [6.07, 6.45) is 13.4. The fraction of sp³-hybridized carbons (Fsp3) is 0.760. The quantitative estimate of drug-likeness (QED) is 0.253. The Hall–Kier alpha value is 1.38. The van der Waals surface area contributed by atoms with E-state index in [0.29, 0.717) is 11.8 Å². The second kappa shape index (κ2) is 32.1. The van der Waals surface area contributed by atoms with Crippen molar-refractivity contribution in [2.75, 3.05) is 0 Å². The van der Waals surface area contributed by atoms with Gasteiger partial charge in [0.05, 0.1) is 0 Å². The van der Waals surface area contributed by atoms with Gasteiger partial charge in [0.15, 0.2) is 0 Å². The first-order valence-electron chi connectivity index (χ1n) is 10.8. The molecule has 0 radical (unpaired) electrons. The van der Waals surface area contributed by atoms with E-state index in [1.165, 1.54) is 44.9 Å². The summed E-state index contributed by atoms with van der Waals surface area (Å²) in [6, 6.07) is 0. The van der Waals surface area contributed by atoms with Crippen LogP contribution in [0.4, 0.5) is 0 Å². The van der Waals surface area contributed by atoms with Gasteiger partial charge in [0.2, 0.25) is 0 Å². The standard InChI is InChI=1S/C9H14.4C4H9.2Pt/c1-6-7(2)9-4-3-8(6)5-9;4*1-3-4-2;;/h6-9H,1-5H2;4*1,3-4H2,2H3;;/q-2;4*-1;;. The molecule has 4 atom stereocenters. The summed E-state index contributed by atoms with van der Waals surface area (Å²) in [7, 11) is 0. The Labute approximate surface area is 204 Å². The SMILES string of the molecule is [CH2-]C1C2CCC(C2)C1[CH2-].[CH2-]CCC.[CH2-]CCC.[CH2-]CCC.[CH2-]CCC.[Pt].[Pt]. The average molecular weight is 741 g/mol. The second-order valence-electron chi connectivity index (χ2n) is 7.08. The van der Waals surface area contributed by atoms with Gasteiger partial charge in [-0.1, -0.05) is 84.5 Å². The zero-order chi connectivity index (χ0) is 20.1. The second-order valence-corrected chi connectivity index (χ2v) is 7.08. The third kappa shape index (κ3) is 25.3. The summed E-state index contributed by atoms with van der Waals surface area (Å²) in [5.41, 5.74) is 0. The minimum Gasteiger partial charge on any atom is -0.343 e. The number of rotatable bonds is 4. The van der Waals surface area contributed by atoms with Crippen LogP contribution in [0.25, 0.3) is 0 Å². The van der Waals surface area contributed by atoms with Crippen LogP contribution in [0.15, 0.2) is 0 Å². The van der Waals surface area contributed by atoms with Crippen LogP contribution in [0, 0.1) is 65.2 Å². The first-order chi connectivity index (χ1) is 11.9. The van der Waals surface area contributed by atoms with Crippen LogP contribution in [-0.4, -0.2) is 0 Å². The zero-order valence-electron chi connectivity index (χ0n) is 19.0. The van der Waals surface area contributed by atoms with Gasteiger partial charge in [0, 0.05) is 42.1 Å². The van der Waals surface area contributed by atoms with Crippen molar-refractivity contribution in [3.8, 4) is 0 Å². The maximum atomic E-state index is 4.14. The average Bonchev–Trinajstić information content (AvgIpc) is 3.26. The van der Waals surface area contributed by atoms with E-state index in [4.69, 9.17) is 0 Å². The smallest absolute Gasteiger partial charge is 0 e. The summed E-state index contributed by atoms with van der Waals surface area (Å²) in [4.78, 5) is 0. The van der Waals surface area contributed by atoms with Crippen LogP contribution >= 0.6 is 0 Å². The molecule has 2 saturated carbocycles. The molecular weight excluding hydrogens is 690 g/mol. The molecule has 2 rings (SSSR count). The molecule has 2 bridgehead atoms. The molecule has 2 fully saturated rings. The summed E-state index contributed by atoms with van der Waals surface area (Å²) in [6.45, 7) is 31.2. The van der Waals surface area contributed by atoms with Gasteiger partial charge in [0.1, 0.15) is 0 Å². The first kappa shape index (κ1) is 38.9. The van der Waals surface area contributed by atoms with E-state index in [1.54, 1.807) is 0 Å². The molecule has 2 heteroatoms. The van der Waals surface area contributed by atoms with Gasteiger partial charge in [-0.05, 0) is 0 Å². The Morgan fingerprint density at radius 2 is 0.741 bits per heavy atom. The van der Waals surface area contributed by atoms with E-state index < -0.39 is 0 Å². The van der Waals surface area contributed by atoms with Crippen LogP contribution in [0.3, 0.4) is 0 Å². The number of fused-ring (bicyclic) bond motifs is 2. The Morgan fingerprint density at radius 1 is 0.556 bits per heavy atom. The molecule has 0 aliphatic heterocycles. The molecule has 2 aliphatic rings. The van der Waals surface area contributed by atoms with E-state index in [1.807, 2.05) is 0 Å². The van der Waals surface area contributed by atoms with Gasteiger partial charge >= 0.3 is 0 Å². The molecule has 0 aromatic rings. The number of hydrogen-bond acceptors (Lipinski definition) is 0. The van der Waals surface area contributed by atoms with Gasteiger partial charge in [-0.25, -0.2) is 0 Å². The van der Waals surface area contributed by atoms with Gasteiger partial charge < -0.3 is 41.5 Å². The molecule has 0 aromatic heterocycles. The first-order valence-corrected chi connectivity index (χ1v) is 10.8. The van der Waals surface area contributed by atoms with Gasteiger partial charge in [-0.3, -0.25) is 0 Å². The Balaban J connectivity index is -0.0000000790. The maximum Gasteiger partial charge on any atom is 0 e.